The van der Waals surface area contributed by atoms with Gasteiger partial charge in [-0.25, -0.2) is 14.3 Å². The SMILES string of the molecule is COC(=O)c1ccc(C)c(-c2c(C)[nH]c(=O)c(Cl)c2OCc2ccccc2CNC(=O)Nc2cc(C(C)(C)C)nn2-c2ccc(O)cc2)c1. The van der Waals surface area contributed by atoms with Gasteiger partial charge in [-0.3, -0.25) is 10.1 Å². The number of carbonyl (C=O) groups excluding carboxylic acids is 2. The van der Waals surface area contributed by atoms with Crippen molar-refractivity contribution in [3.63, 3.8) is 0 Å². The molecule has 0 spiro atoms. The van der Waals surface area contributed by atoms with Crippen LogP contribution in [0.1, 0.15) is 59.2 Å². The lowest BCUT2D eigenvalue weighted by atomic mass is 9.92. The number of nitrogens with one attached hydrogen (secondary N) is 3. The number of aryl methyl sites for hydroxylation is 2. The number of aromatic hydroxyl groups is 1. The highest BCUT2D eigenvalue weighted by atomic mass is 35.5. The second-order valence-corrected chi connectivity index (χ2v) is 13.0. The van der Waals surface area contributed by atoms with E-state index in [2.05, 4.69) is 15.6 Å². The number of ether oxygens (including phenoxy) is 2. The predicted octanol–water partition coefficient (Wildman–Crippen LogP) is 7.19. The summed E-state index contributed by atoms with van der Waals surface area (Å²) in [4.78, 5) is 41.0. The molecule has 5 rings (SSSR count). The number of halogens is 1. The molecule has 3 aromatic carbocycles. The van der Waals surface area contributed by atoms with Gasteiger partial charge in [0.15, 0.2) is 5.75 Å². The number of aromatic nitrogens is 3. The summed E-state index contributed by atoms with van der Waals surface area (Å²) < 4.78 is 12.8. The molecule has 2 amide bonds. The number of aromatic amines is 1. The molecular formula is C37H38ClN5O6. The molecule has 4 N–H and O–H groups in total. The molecule has 0 atom stereocenters. The van der Waals surface area contributed by atoms with Gasteiger partial charge in [0.1, 0.15) is 23.2 Å². The monoisotopic (exact) mass is 683 g/mol. The van der Waals surface area contributed by atoms with E-state index in [9.17, 15) is 19.5 Å². The Morgan fingerprint density at radius 3 is 2.37 bits per heavy atom. The summed E-state index contributed by atoms with van der Waals surface area (Å²) >= 11 is 6.54. The van der Waals surface area contributed by atoms with E-state index in [4.69, 9.17) is 26.2 Å². The van der Waals surface area contributed by atoms with E-state index < -0.39 is 17.6 Å². The standard InChI is InChI=1S/C37H38ClN5O6/c1-21-11-12-23(35(46)48-6)17-28(21)31-22(2)40-34(45)32(38)33(31)49-20-25-10-8-7-9-24(25)19-39-36(47)41-30-18-29(37(3,4)5)42-43(30)26-13-15-27(44)16-14-26/h7-18,44H,19-20H2,1-6H3,(H,40,45)(H2,39,41,47). The number of rotatable bonds is 9. The minimum atomic E-state index is -0.507. The number of H-pyrrole nitrogens is 1. The first kappa shape index (κ1) is 34.8. The molecule has 0 aliphatic rings. The predicted molar refractivity (Wildman–Crippen MR) is 189 cm³/mol. The Hall–Kier alpha value is -5.55. The first-order valence-corrected chi connectivity index (χ1v) is 15.9. The van der Waals surface area contributed by atoms with Crippen LogP contribution in [0.5, 0.6) is 11.5 Å². The van der Waals surface area contributed by atoms with Crippen LogP contribution in [0.2, 0.25) is 5.02 Å². The Bertz CT molecular complexity index is 2080. The topological polar surface area (TPSA) is 148 Å². The normalized spacial score (nSPS) is 11.2. The average Bonchev–Trinajstić information content (AvgIpc) is 3.50. The first-order valence-electron chi connectivity index (χ1n) is 15.5. The van der Waals surface area contributed by atoms with E-state index in [-0.39, 0.29) is 35.1 Å². The van der Waals surface area contributed by atoms with Gasteiger partial charge in [0.25, 0.3) is 5.56 Å². The molecule has 49 heavy (non-hydrogen) atoms. The number of carbonyl (C=O) groups is 2. The van der Waals surface area contributed by atoms with Crippen molar-refractivity contribution in [2.45, 2.75) is 53.2 Å². The van der Waals surface area contributed by atoms with Gasteiger partial charge >= 0.3 is 12.0 Å². The fourth-order valence-corrected chi connectivity index (χ4v) is 5.45. The number of hydrogen-bond acceptors (Lipinski definition) is 7. The number of nitrogens with zero attached hydrogens (tertiary/aromatic N) is 2. The maximum atomic E-state index is 13.2. The van der Waals surface area contributed by atoms with Gasteiger partial charge in [-0.15, -0.1) is 0 Å². The number of phenols is 1. The van der Waals surface area contributed by atoms with E-state index in [1.165, 1.54) is 7.11 Å². The van der Waals surface area contributed by atoms with Crippen LogP contribution in [0.3, 0.4) is 0 Å². The molecule has 0 saturated carbocycles. The summed E-state index contributed by atoms with van der Waals surface area (Å²) in [7, 11) is 1.31. The third-order valence-electron chi connectivity index (χ3n) is 7.97. The van der Waals surface area contributed by atoms with Crippen LogP contribution in [0.25, 0.3) is 16.8 Å². The summed E-state index contributed by atoms with van der Waals surface area (Å²) in [5.41, 5.74) is 5.09. The zero-order valence-corrected chi connectivity index (χ0v) is 28.9. The highest BCUT2D eigenvalue weighted by Crippen LogP contribution is 2.39. The third-order valence-corrected chi connectivity index (χ3v) is 8.32. The number of amides is 2. The number of anilines is 1. The van der Waals surface area contributed by atoms with Crippen molar-refractivity contribution in [2.75, 3.05) is 12.4 Å². The Morgan fingerprint density at radius 1 is 1.00 bits per heavy atom. The molecule has 0 unspecified atom stereocenters. The van der Waals surface area contributed by atoms with Crippen molar-refractivity contribution in [3.8, 4) is 28.3 Å². The smallest absolute Gasteiger partial charge is 0.337 e. The maximum absolute atomic E-state index is 13.2. The van der Waals surface area contributed by atoms with Crippen molar-refractivity contribution < 1.29 is 24.2 Å². The van der Waals surface area contributed by atoms with Gasteiger partial charge < -0.3 is 24.9 Å². The molecule has 12 heteroatoms. The van der Waals surface area contributed by atoms with Crippen molar-refractivity contribution >= 4 is 29.4 Å². The van der Waals surface area contributed by atoms with Crippen LogP contribution in [0.15, 0.2) is 77.6 Å². The van der Waals surface area contributed by atoms with Crippen LogP contribution in [0.4, 0.5) is 10.6 Å². The maximum Gasteiger partial charge on any atom is 0.337 e. The zero-order chi connectivity index (χ0) is 35.5. The number of methoxy groups -OCH3 is 1. The van der Waals surface area contributed by atoms with Crippen molar-refractivity contribution in [1.82, 2.24) is 20.1 Å². The largest absolute Gasteiger partial charge is 0.508 e. The van der Waals surface area contributed by atoms with E-state index in [1.54, 1.807) is 54.1 Å². The minimum absolute atomic E-state index is 0.0351. The summed E-state index contributed by atoms with van der Waals surface area (Å²) in [6, 6.07) is 20.5. The molecule has 2 heterocycles. The Kier molecular flexibility index (Phi) is 10.1. The van der Waals surface area contributed by atoms with Crippen LogP contribution in [0, 0.1) is 13.8 Å². The van der Waals surface area contributed by atoms with Gasteiger partial charge in [-0.1, -0.05) is 62.7 Å². The van der Waals surface area contributed by atoms with Crippen LogP contribution >= 0.6 is 11.6 Å². The molecule has 0 radical (unpaired) electrons. The van der Waals surface area contributed by atoms with Crippen LogP contribution in [-0.4, -0.2) is 39.0 Å². The fourth-order valence-electron chi connectivity index (χ4n) is 5.25. The highest BCUT2D eigenvalue weighted by molar-refractivity contribution is 6.32. The fraction of sp³-hybridized carbons (Fsp3) is 0.243. The molecule has 0 bridgehead atoms. The van der Waals surface area contributed by atoms with Crippen LogP contribution in [-0.2, 0) is 23.3 Å². The summed E-state index contributed by atoms with van der Waals surface area (Å²) in [5.74, 6) is 0.257. The molecule has 5 aromatic rings. The van der Waals surface area contributed by atoms with Gasteiger partial charge in [0, 0.05) is 29.3 Å². The van der Waals surface area contributed by atoms with E-state index >= 15 is 0 Å². The van der Waals surface area contributed by atoms with E-state index in [1.807, 2.05) is 58.0 Å². The van der Waals surface area contributed by atoms with Crippen molar-refractivity contribution in [3.05, 3.63) is 122 Å². The van der Waals surface area contributed by atoms with Gasteiger partial charge in [0.05, 0.1) is 24.1 Å². The number of esters is 1. The third kappa shape index (κ3) is 7.79. The molecule has 254 valence electrons. The second-order valence-electron chi connectivity index (χ2n) is 12.6. The average molecular weight is 684 g/mol. The second kappa shape index (κ2) is 14.3. The van der Waals surface area contributed by atoms with Crippen LogP contribution < -0.4 is 20.9 Å². The van der Waals surface area contributed by atoms with Gasteiger partial charge in [-0.2, -0.15) is 5.10 Å². The Balaban J connectivity index is 1.37. The lowest BCUT2D eigenvalue weighted by Crippen LogP contribution is -2.29. The number of phenolic OH excluding ortho intramolecular Hbond substituents is 1. The zero-order valence-electron chi connectivity index (χ0n) is 28.1. The number of urea groups is 1. The molecule has 2 aromatic heterocycles. The molecule has 0 aliphatic carbocycles. The lowest BCUT2D eigenvalue weighted by Gasteiger charge is -2.18. The summed E-state index contributed by atoms with van der Waals surface area (Å²) in [6.07, 6.45) is 0. The summed E-state index contributed by atoms with van der Waals surface area (Å²) in [5, 5.41) is 20.1. The molecule has 0 aliphatic heterocycles. The number of hydrogen-bond donors (Lipinski definition) is 4. The van der Waals surface area contributed by atoms with Crippen molar-refractivity contribution in [1.29, 1.82) is 0 Å². The lowest BCUT2D eigenvalue weighted by molar-refractivity contribution is 0.0600. The Morgan fingerprint density at radius 2 is 1.69 bits per heavy atom. The van der Waals surface area contributed by atoms with Crippen molar-refractivity contribution in [2.24, 2.45) is 0 Å². The number of pyridine rings is 1. The Labute approximate surface area is 288 Å². The van der Waals surface area contributed by atoms with E-state index in [0.717, 1.165) is 22.4 Å². The number of benzene rings is 3. The molecule has 11 nitrogen and oxygen atoms in total. The quantitative estimate of drug-likeness (QED) is 0.120. The minimum Gasteiger partial charge on any atom is -0.508 e. The molecular weight excluding hydrogens is 646 g/mol. The van der Waals surface area contributed by atoms with E-state index in [0.29, 0.717) is 33.9 Å². The summed E-state index contributed by atoms with van der Waals surface area (Å²) in [6.45, 7) is 9.91. The molecule has 0 fully saturated rings. The molecule has 0 saturated heterocycles. The first-order chi connectivity index (χ1) is 23.3. The highest BCUT2D eigenvalue weighted by Gasteiger charge is 2.23. The van der Waals surface area contributed by atoms with Gasteiger partial charge in [-0.05, 0) is 72.5 Å². The van der Waals surface area contributed by atoms with Gasteiger partial charge in [0.2, 0.25) is 0 Å².